The summed E-state index contributed by atoms with van der Waals surface area (Å²) in [4.78, 5) is 26.7. The lowest BCUT2D eigenvalue weighted by Gasteiger charge is -2.14. The molecule has 0 radical (unpaired) electrons. The molecular formula is C45H40F3N9O2S. The van der Waals surface area contributed by atoms with Gasteiger partial charge in [0.25, 0.3) is 0 Å². The predicted octanol–water partition coefficient (Wildman–Crippen LogP) is 11.6. The summed E-state index contributed by atoms with van der Waals surface area (Å²) >= 11 is 1.16. The topological polar surface area (TPSA) is 140 Å². The van der Waals surface area contributed by atoms with E-state index in [0.717, 1.165) is 81.4 Å². The second kappa shape index (κ2) is 15.0. The molecule has 0 bridgehead atoms. The van der Waals surface area contributed by atoms with Gasteiger partial charge >= 0.3 is 6.18 Å². The van der Waals surface area contributed by atoms with Crippen molar-refractivity contribution in [3.05, 3.63) is 101 Å². The van der Waals surface area contributed by atoms with Gasteiger partial charge in [-0.25, -0.2) is 29.9 Å². The molecule has 11 nitrogen and oxygen atoms in total. The molecule has 1 aliphatic carbocycles. The van der Waals surface area contributed by atoms with Crippen molar-refractivity contribution in [2.75, 3.05) is 29.0 Å². The number of halogens is 3. The lowest BCUT2D eigenvalue weighted by molar-refractivity contribution is -0.144. The van der Waals surface area contributed by atoms with Gasteiger partial charge < -0.3 is 24.8 Å². The molecule has 1 fully saturated rings. The quantitative estimate of drug-likeness (QED) is 0.0957. The zero-order chi connectivity index (χ0) is 41.1. The molecule has 60 heavy (non-hydrogen) atoms. The van der Waals surface area contributed by atoms with E-state index in [0.29, 0.717) is 70.0 Å². The Morgan fingerprint density at radius 1 is 0.750 bits per heavy atom. The van der Waals surface area contributed by atoms with Crippen LogP contribution in [0.3, 0.4) is 0 Å². The summed E-state index contributed by atoms with van der Waals surface area (Å²) in [6, 6.07) is 23.0. The van der Waals surface area contributed by atoms with Crippen LogP contribution in [0.25, 0.3) is 65.5 Å². The molecule has 0 aliphatic heterocycles. The van der Waals surface area contributed by atoms with Crippen LogP contribution in [0.1, 0.15) is 67.1 Å². The standard InChI is InChI=1S/C45H40F3N9O2S/c1-23(16-19-50-40-31-17-20-60-43(31)57-44(56-40)45(46,47)48)27-10-14-34-32(21-27)36-38(58-34)41(53-24(2)51-36)49-18-6-8-26-7-4-5-9-30(26)28-11-15-35-33(22-28)37-39(59-35)42(54-25(3)52-37)55-29-12-13-29/h4-5,7,9-11,14-15,17,20-23,29H,6,8,12-13,16,18-19H2,1-3H3,(H,49,51,53)(H,50,56,57)(H,52,54,55). The number of furan rings is 2. The number of anilines is 3. The highest BCUT2D eigenvalue weighted by molar-refractivity contribution is 7.16. The van der Waals surface area contributed by atoms with Crippen LogP contribution in [-0.2, 0) is 12.6 Å². The number of fused-ring (bicyclic) bond motifs is 7. The van der Waals surface area contributed by atoms with Crippen molar-refractivity contribution >= 4 is 83.1 Å². The Morgan fingerprint density at radius 3 is 2.22 bits per heavy atom. The van der Waals surface area contributed by atoms with Crippen LogP contribution in [0, 0.1) is 13.8 Å². The zero-order valence-electron chi connectivity index (χ0n) is 33.1. The SMILES string of the molecule is Cc1nc(NCCCc2ccccc2-c2ccc3oc4c(NC5CC5)nc(C)nc4c3c2)c2oc3ccc(C(C)CCNc4nc(C(F)(F)F)nc5sccc45)cc3c2n1. The first kappa shape index (κ1) is 37.9. The second-order valence-electron chi connectivity index (χ2n) is 15.5. The average molecular weight is 828 g/mol. The fourth-order valence-electron chi connectivity index (χ4n) is 7.84. The van der Waals surface area contributed by atoms with Gasteiger partial charge in [0.2, 0.25) is 5.82 Å². The molecular weight excluding hydrogens is 788 g/mol. The first-order valence-corrected chi connectivity index (χ1v) is 21.0. The fourth-order valence-corrected chi connectivity index (χ4v) is 8.60. The van der Waals surface area contributed by atoms with E-state index in [1.165, 1.54) is 11.1 Å². The molecule has 0 saturated heterocycles. The van der Waals surface area contributed by atoms with Gasteiger partial charge in [0, 0.05) is 29.9 Å². The molecule has 1 saturated carbocycles. The number of alkyl halides is 3. The van der Waals surface area contributed by atoms with Gasteiger partial charge in [-0.15, -0.1) is 11.3 Å². The predicted molar refractivity (Wildman–Crippen MR) is 231 cm³/mol. The Morgan fingerprint density at radius 2 is 1.45 bits per heavy atom. The normalized spacial score (nSPS) is 13.9. The van der Waals surface area contributed by atoms with Gasteiger partial charge in [-0.1, -0.05) is 43.3 Å². The summed E-state index contributed by atoms with van der Waals surface area (Å²) in [6.45, 7) is 6.97. The maximum Gasteiger partial charge on any atom is 0.451 e. The zero-order valence-corrected chi connectivity index (χ0v) is 33.9. The number of hydrogen-bond acceptors (Lipinski definition) is 12. The van der Waals surface area contributed by atoms with Crippen molar-refractivity contribution in [3.63, 3.8) is 0 Å². The molecule has 304 valence electrons. The number of hydrogen-bond donors (Lipinski definition) is 3. The minimum Gasteiger partial charge on any atom is -0.450 e. The van der Waals surface area contributed by atoms with Crippen LogP contribution < -0.4 is 16.0 Å². The van der Waals surface area contributed by atoms with E-state index >= 15 is 0 Å². The molecule has 6 heterocycles. The molecule has 0 amide bonds. The van der Waals surface area contributed by atoms with Crippen molar-refractivity contribution in [1.82, 2.24) is 29.9 Å². The Hall–Kier alpha value is -6.35. The third kappa shape index (κ3) is 7.31. The summed E-state index contributed by atoms with van der Waals surface area (Å²) < 4.78 is 53.0. The van der Waals surface area contributed by atoms with Crippen molar-refractivity contribution in [3.8, 4) is 11.1 Å². The van der Waals surface area contributed by atoms with Crippen LogP contribution in [0.2, 0.25) is 0 Å². The van der Waals surface area contributed by atoms with E-state index in [4.69, 9.17) is 23.8 Å². The molecule has 15 heteroatoms. The lowest BCUT2D eigenvalue weighted by atomic mass is 9.96. The van der Waals surface area contributed by atoms with E-state index in [1.807, 2.05) is 32.0 Å². The van der Waals surface area contributed by atoms with Crippen LogP contribution in [0.5, 0.6) is 0 Å². The Kier molecular flexibility index (Phi) is 9.50. The molecule has 3 N–H and O–H groups in total. The molecule has 1 aliphatic rings. The van der Waals surface area contributed by atoms with E-state index in [1.54, 1.807) is 11.4 Å². The third-order valence-electron chi connectivity index (χ3n) is 11.1. The van der Waals surface area contributed by atoms with Crippen LogP contribution in [-0.4, -0.2) is 49.0 Å². The minimum atomic E-state index is -4.63. The highest BCUT2D eigenvalue weighted by Gasteiger charge is 2.36. The number of aromatic nitrogens is 6. The Balaban J connectivity index is 0.827. The van der Waals surface area contributed by atoms with Gasteiger partial charge in [0.05, 0.1) is 5.39 Å². The number of benzene rings is 3. The van der Waals surface area contributed by atoms with Crippen molar-refractivity contribution in [1.29, 1.82) is 0 Å². The molecule has 3 aromatic carbocycles. The van der Waals surface area contributed by atoms with Crippen LogP contribution in [0.4, 0.5) is 30.6 Å². The molecule has 1 unspecified atom stereocenters. The Bertz CT molecular complexity index is 3080. The van der Waals surface area contributed by atoms with Gasteiger partial charge in [-0.3, -0.25) is 0 Å². The molecule has 0 spiro atoms. The first-order chi connectivity index (χ1) is 29.1. The highest BCUT2D eigenvalue weighted by atomic mass is 32.1. The highest BCUT2D eigenvalue weighted by Crippen LogP contribution is 2.38. The lowest BCUT2D eigenvalue weighted by Crippen LogP contribution is -2.14. The monoisotopic (exact) mass is 827 g/mol. The number of nitrogens with one attached hydrogen (secondary N) is 3. The van der Waals surface area contributed by atoms with Crippen LogP contribution in [0.15, 0.2) is 80.9 Å². The average Bonchev–Trinajstić information content (AvgIpc) is 3.60. The second-order valence-corrected chi connectivity index (χ2v) is 16.4. The van der Waals surface area contributed by atoms with Gasteiger partial charge in [0.1, 0.15) is 44.5 Å². The number of thiophene rings is 1. The van der Waals surface area contributed by atoms with Gasteiger partial charge in [-0.05, 0) is 110 Å². The third-order valence-corrected chi connectivity index (χ3v) is 11.9. The number of rotatable bonds is 13. The molecule has 9 aromatic rings. The summed E-state index contributed by atoms with van der Waals surface area (Å²) in [5.41, 5.74) is 8.92. The van der Waals surface area contributed by atoms with Gasteiger partial charge in [0.15, 0.2) is 22.8 Å². The molecule has 10 rings (SSSR count). The summed E-state index contributed by atoms with van der Waals surface area (Å²) in [5, 5.41) is 14.3. The smallest absolute Gasteiger partial charge is 0.450 e. The first-order valence-electron chi connectivity index (χ1n) is 20.1. The summed E-state index contributed by atoms with van der Waals surface area (Å²) in [7, 11) is 0. The van der Waals surface area contributed by atoms with Crippen molar-refractivity contribution in [2.45, 2.75) is 71.0 Å². The maximum atomic E-state index is 13.5. The minimum absolute atomic E-state index is 0.0818. The largest absolute Gasteiger partial charge is 0.451 e. The Labute approximate surface area is 345 Å². The fraction of sp³-hybridized carbons (Fsp3) is 0.289. The van der Waals surface area contributed by atoms with Crippen molar-refractivity contribution in [2.24, 2.45) is 0 Å². The maximum absolute atomic E-state index is 13.5. The number of nitrogens with zero attached hydrogens (tertiary/aromatic N) is 6. The molecule has 1 atom stereocenters. The molecule has 6 aromatic heterocycles. The van der Waals surface area contributed by atoms with Crippen molar-refractivity contribution < 1.29 is 22.0 Å². The van der Waals surface area contributed by atoms with E-state index in [9.17, 15) is 13.2 Å². The van der Waals surface area contributed by atoms with E-state index in [-0.39, 0.29) is 11.7 Å². The summed E-state index contributed by atoms with van der Waals surface area (Å²) in [5.74, 6) is 1.88. The van der Waals surface area contributed by atoms with E-state index < -0.39 is 12.0 Å². The van der Waals surface area contributed by atoms with E-state index in [2.05, 4.69) is 80.3 Å². The van der Waals surface area contributed by atoms with Gasteiger partial charge in [-0.2, -0.15) is 13.2 Å². The number of aryl methyl sites for hydroxylation is 3. The summed E-state index contributed by atoms with van der Waals surface area (Å²) in [6.07, 6.45) is 0.000880. The van der Waals surface area contributed by atoms with Crippen LogP contribution >= 0.6 is 11.3 Å².